The van der Waals surface area contributed by atoms with Crippen LogP contribution in [0.4, 0.5) is 0 Å². The highest BCUT2D eigenvalue weighted by molar-refractivity contribution is 5.49. The van der Waals surface area contributed by atoms with Crippen LogP contribution in [0.1, 0.15) is 57.6 Å². The van der Waals surface area contributed by atoms with Crippen LogP contribution in [0.3, 0.4) is 0 Å². The van der Waals surface area contributed by atoms with Gasteiger partial charge in [0.05, 0.1) is 0 Å². The summed E-state index contributed by atoms with van der Waals surface area (Å²) in [4.78, 5) is 2.19. The first kappa shape index (κ1) is 21.7. The summed E-state index contributed by atoms with van der Waals surface area (Å²) >= 11 is 0. The van der Waals surface area contributed by atoms with Gasteiger partial charge in [0, 0.05) is 17.6 Å². The maximum Gasteiger partial charge on any atom is 0.0467 e. The van der Waals surface area contributed by atoms with Crippen molar-refractivity contribution in [1.82, 2.24) is 4.90 Å². The smallest absolute Gasteiger partial charge is 0.0467 e. The molecule has 1 aliphatic rings. The molecule has 2 heteroatoms. The van der Waals surface area contributed by atoms with E-state index in [-0.39, 0.29) is 0 Å². The van der Waals surface area contributed by atoms with E-state index in [0.717, 1.165) is 35.4 Å². The van der Waals surface area contributed by atoms with Crippen molar-refractivity contribution in [2.45, 2.75) is 46.5 Å². The van der Waals surface area contributed by atoms with Gasteiger partial charge in [-0.2, -0.15) is 0 Å². The molecule has 0 saturated heterocycles. The molecule has 2 rings (SSSR count). The van der Waals surface area contributed by atoms with Crippen molar-refractivity contribution in [3.8, 4) is 0 Å². The molecule has 148 valence electrons. The van der Waals surface area contributed by atoms with E-state index in [2.05, 4.69) is 88.9 Å². The SMILES string of the molecule is C=Cc1cccc(C(CN)CCC(=C)C(=C(C)C)N2C=C(C)C=C(C)C2=C)c1. The fourth-order valence-electron chi connectivity index (χ4n) is 3.73. The Morgan fingerprint density at radius 3 is 2.57 bits per heavy atom. The van der Waals surface area contributed by atoms with Gasteiger partial charge in [-0.05, 0) is 80.8 Å². The Bertz CT molecular complexity index is 860. The van der Waals surface area contributed by atoms with Gasteiger partial charge < -0.3 is 10.6 Å². The topological polar surface area (TPSA) is 29.3 Å². The Balaban J connectivity index is 2.19. The van der Waals surface area contributed by atoms with Crippen molar-refractivity contribution < 1.29 is 0 Å². The Labute approximate surface area is 171 Å². The molecule has 1 heterocycles. The van der Waals surface area contributed by atoms with Gasteiger partial charge in [0.2, 0.25) is 0 Å². The van der Waals surface area contributed by atoms with Crippen LogP contribution in [0.15, 0.2) is 90.0 Å². The van der Waals surface area contributed by atoms with Crippen molar-refractivity contribution in [2.24, 2.45) is 5.73 Å². The molecule has 2 N–H and O–H groups in total. The van der Waals surface area contributed by atoms with Crippen molar-refractivity contribution in [2.75, 3.05) is 6.54 Å². The molecule has 0 bridgehead atoms. The van der Waals surface area contributed by atoms with Gasteiger partial charge in [0.15, 0.2) is 0 Å². The minimum atomic E-state index is 0.304. The Kier molecular flexibility index (Phi) is 7.42. The van der Waals surface area contributed by atoms with Crippen LogP contribution in [0.2, 0.25) is 0 Å². The molecule has 0 saturated carbocycles. The van der Waals surface area contributed by atoms with Gasteiger partial charge >= 0.3 is 0 Å². The van der Waals surface area contributed by atoms with Crippen LogP contribution in [-0.2, 0) is 0 Å². The Hall–Kier alpha value is -2.58. The minimum absolute atomic E-state index is 0.304. The minimum Gasteiger partial charge on any atom is -0.330 e. The highest BCUT2D eigenvalue weighted by atomic mass is 15.1. The summed E-state index contributed by atoms with van der Waals surface area (Å²) in [6, 6.07) is 8.48. The van der Waals surface area contributed by atoms with Crippen LogP contribution in [-0.4, -0.2) is 11.4 Å². The van der Waals surface area contributed by atoms with Crippen molar-refractivity contribution in [3.63, 3.8) is 0 Å². The quantitative estimate of drug-likeness (QED) is 0.514. The number of rotatable bonds is 8. The number of nitrogens with zero attached hydrogens (tertiary/aromatic N) is 1. The maximum atomic E-state index is 6.11. The highest BCUT2D eigenvalue weighted by Crippen LogP contribution is 2.33. The fourth-order valence-corrected chi connectivity index (χ4v) is 3.73. The predicted molar refractivity (Wildman–Crippen MR) is 124 cm³/mol. The molecule has 1 aromatic carbocycles. The zero-order valence-corrected chi connectivity index (χ0v) is 17.9. The summed E-state index contributed by atoms with van der Waals surface area (Å²) < 4.78 is 0. The van der Waals surface area contributed by atoms with E-state index in [9.17, 15) is 0 Å². The van der Waals surface area contributed by atoms with Crippen LogP contribution in [0, 0.1) is 0 Å². The Morgan fingerprint density at radius 2 is 1.96 bits per heavy atom. The van der Waals surface area contributed by atoms with Crippen molar-refractivity contribution >= 4 is 6.08 Å². The third-order valence-electron chi connectivity index (χ3n) is 5.27. The number of hydrogen-bond donors (Lipinski definition) is 1. The van der Waals surface area contributed by atoms with Crippen LogP contribution in [0.25, 0.3) is 6.08 Å². The third kappa shape index (κ3) is 5.02. The second-order valence-corrected chi connectivity index (χ2v) is 7.81. The fraction of sp³-hybridized carbons (Fsp3) is 0.308. The molecule has 1 atom stereocenters. The summed E-state index contributed by atoms with van der Waals surface area (Å²) in [5.74, 6) is 0.304. The summed E-state index contributed by atoms with van der Waals surface area (Å²) in [6.07, 6.45) is 8.05. The van der Waals surface area contributed by atoms with Gasteiger partial charge in [-0.3, -0.25) is 0 Å². The van der Waals surface area contributed by atoms with Gasteiger partial charge in [-0.1, -0.05) is 61.7 Å². The summed E-state index contributed by atoms with van der Waals surface area (Å²) in [5, 5.41) is 0. The lowest BCUT2D eigenvalue weighted by molar-refractivity contribution is 0.557. The number of allylic oxidation sites excluding steroid dienone is 5. The second kappa shape index (κ2) is 9.57. The molecule has 0 spiro atoms. The van der Waals surface area contributed by atoms with E-state index in [1.165, 1.54) is 22.3 Å². The van der Waals surface area contributed by atoms with E-state index < -0.39 is 0 Å². The van der Waals surface area contributed by atoms with E-state index in [0.29, 0.717) is 12.5 Å². The Morgan fingerprint density at radius 1 is 1.25 bits per heavy atom. The van der Waals surface area contributed by atoms with Gasteiger partial charge in [0.1, 0.15) is 0 Å². The van der Waals surface area contributed by atoms with Crippen LogP contribution in [0.5, 0.6) is 0 Å². The molecule has 2 nitrogen and oxygen atoms in total. The zero-order chi connectivity index (χ0) is 20.8. The lowest BCUT2D eigenvalue weighted by atomic mass is 9.90. The van der Waals surface area contributed by atoms with Crippen molar-refractivity contribution in [3.05, 3.63) is 101 Å². The second-order valence-electron chi connectivity index (χ2n) is 7.81. The molecule has 1 aliphatic heterocycles. The first-order chi connectivity index (χ1) is 13.3. The monoisotopic (exact) mass is 374 g/mol. The maximum absolute atomic E-state index is 6.11. The normalized spacial score (nSPS) is 14.9. The van der Waals surface area contributed by atoms with E-state index >= 15 is 0 Å². The first-order valence-corrected chi connectivity index (χ1v) is 9.91. The average Bonchev–Trinajstić information content (AvgIpc) is 2.66. The number of benzene rings is 1. The van der Waals surface area contributed by atoms with Gasteiger partial charge in [-0.25, -0.2) is 0 Å². The van der Waals surface area contributed by atoms with Crippen molar-refractivity contribution in [1.29, 1.82) is 0 Å². The molecule has 0 radical (unpaired) electrons. The molecular formula is C26H34N2. The lowest BCUT2D eigenvalue weighted by Gasteiger charge is -2.32. The summed E-state index contributed by atoms with van der Waals surface area (Å²) in [5.41, 5.74) is 15.4. The molecule has 0 aromatic heterocycles. The first-order valence-electron chi connectivity index (χ1n) is 9.91. The summed E-state index contributed by atoms with van der Waals surface area (Å²) in [6.45, 7) is 21.7. The lowest BCUT2D eigenvalue weighted by Crippen LogP contribution is -2.22. The van der Waals surface area contributed by atoms with E-state index in [1.807, 2.05) is 6.08 Å². The molecule has 0 amide bonds. The number of nitrogens with two attached hydrogens (primary N) is 1. The highest BCUT2D eigenvalue weighted by Gasteiger charge is 2.20. The number of hydrogen-bond acceptors (Lipinski definition) is 2. The molecule has 1 unspecified atom stereocenters. The molecule has 0 fully saturated rings. The van der Waals surface area contributed by atoms with Crippen LogP contribution < -0.4 is 5.73 Å². The third-order valence-corrected chi connectivity index (χ3v) is 5.27. The van der Waals surface area contributed by atoms with E-state index in [1.54, 1.807) is 0 Å². The summed E-state index contributed by atoms with van der Waals surface area (Å²) in [7, 11) is 0. The zero-order valence-electron chi connectivity index (χ0n) is 17.9. The molecule has 0 aliphatic carbocycles. The molecule has 28 heavy (non-hydrogen) atoms. The molecule has 1 aromatic rings. The standard InChI is InChI=1S/C26H34N2/c1-8-23-10-9-11-24(15-23)25(16-27)13-12-20(5)26(18(2)3)28-17-19(4)14-21(6)22(28)7/h8-11,14-15,17,25H,1,5,7,12-13,16,27H2,2-4,6H3. The van der Waals surface area contributed by atoms with E-state index in [4.69, 9.17) is 5.73 Å². The van der Waals surface area contributed by atoms with Gasteiger partial charge in [0.25, 0.3) is 0 Å². The average molecular weight is 375 g/mol. The van der Waals surface area contributed by atoms with Crippen LogP contribution >= 0.6 is 0 Å². The predicted octanol–water partition coefficient (Wildman–Crippen LogP) is 6.68. The van der Waals surface area contributed by atoms with Gasteiger partial charge in [-0.15, -0.1) is 0 Å². The largest absolute Gasteiger partial charge is 0.330 e. The molecular weight excluding hydrogens is 340 g/mol.